The molecule has 0 aliphatic carbocycles. The lowest BCUT2D eigenvalue weighted by atomic mass is 10.00. The maximum absolute atomic E-state index is 4.97. The monoisotopic (exact) mass is 343 g/mol. The zero-order valence-corrected chi connectivity index (χ0v) is 15.8. The number of guanidine groups is 1. The van der Waals surface area contributed by atoms with Crippen LogP contribution in [0.3, 0.4) is 0 Å². The van der Waals surface area contributed by atoms with E-state index in [2.05, 4.69) is 70.8 Å². The van der Waals surface area contributed by atoms with Gasteiger partial charge in [0.05, 0.1) is 6.04 Å². The van der Waals surface area contributed by atoms with Gasteiger partial charge in [-0.25, -0.2) is 4.99 Å². The topological polar surface area (TPSA) is 75.3 Å². The van der Waals surface area contributed by atoms with Crippen LogP contribution in [-0.2, 0) is 13.0 Å². The molecule has 2 N–H and O–H groups in total. The summed E-state index contributed by atoms with van der Waals surface area (Å²) in [5.41, 5.74) is 2.60. The number of benzene rings is 1. The number of hydrogen-bond acceptors (Lipinski definition) is 4. The predicted molar refractivity (Wildman–Crippen MR) is 100 cm³/mol. The quantitative estimate of drug-likeness (QED) is 0.595. The molecule has 2 rings (SSSR count). The normalized spacial score (nSPS) is 13.1. The van der Waals surface area contributed by atoms with Gasteiger partial charge in [-0.15, -0.1) is 0 Å². The average Bonchev–Trinajstić information content (AvgIpc) is 2.98. The summed E-state index contributed by atoms with van der Waals surface area (Å²) < 4.78 is 4.97. The third kappa shape index (κ3) is 6.21. The molecule has 2 aromatic rings. The van der Waals surface area contributed by atoms with Crippen LogP contribution in [0, 0.1) is 12.8 Å². The summed E-state index contributed by atoms with van der Waals surface area (Å²) >= 11 is 0. The SMILES string of the molecule is CCNC(=NCc1noc(C)n1)NC(C)c1ccc(CC(C)C)cc1. The number of nitrogens with zero attached hydrogens (tertiary/aromatic N) is 3. The molecule has 1 aromatic heterocycles. The van der Waals surface area contributed by atoms with Gasteiger partial charge in [-0.2, -0.15) is 4.98 Å². The van der Waals surface area contributed by atoms with Crippen LogP contribution in [0.5, 0.6) is 0 Å². The van der Waals surface area contributed by atoms with Gasteiger partial charge in [0.2, 0.25) is 5.89 Å². The molecule has 0 amide bonds. The first-order valence-corrected chi connectivity index (χ1v) is 8.90. The summed E-state index contributed by atoms with van der Waals surface area (Å²) in [5.74, 6) is 2.55. The minimum absolute atomic E-state index is 0.151. The molecule has 0 bridgehead atoms. The molecule has 1 atom stereocenters. The van der Waals surface area contributed by atoms with Crippen molar-refractivity contribution in [3.05, 3.63) is 47.1 Å². The molecule has 1 aromatic carbocycles. The van der Waals surface area contributed by atoms with Crippen molar-refractivity contribution in [1.82, 2.24) is 20.8 Å². The van der Waals surface area contributed by atoms with Crippen LogP contribution >= 0.6 is 0 Å². The van der Waals surface area contributed by atoms with Gasteiger partial charge in [0.25, 0.3) is 0 Å². The van der Waals surface area contributed by atoms with E-state index in [1.807, 2.05) is 6.92 Å². The number of aliphatic imine (C=N–C) groups is 1. The first-order chi connectivity index (χ1) is 12.0. The van der Waals surface area contributed by atoms with E-state index in [4.69, 9.17) is 4.52 Å². The van der Waals surface area contributed by atoms with Crippen LogP contribution < -0.4 is 10.6 Å². The summed E-state index contributed by atoms with van der Waals surface area (Å²) in [4.78, 5) is 8.70. The third-order valence-electron chi connectivity index (χ3n) is 3.77. The van der Waals surface area contributed by atoms with Crippen molar-refractivity contribution >= 4 is 5.96 Å². The Morgan fingerprint density at radius 3 is 2.48 bits per heavy atom. The van der Waals surface area contributed by atoms with Crippen molar-refractivity contribution in [2.24, 2.45) is 10.9 Å². The van der Waals surface area contributed by atoms with Gasteiger partial charge >= 0.3 is 0 Å². The summed E-state index contributed by atoms with van der Waals surface area (Å²) in [7, 11) is 0. The Hall–Kier alpha value is -2.37. The Kier molecular flexibility index (Phi) is 6.98. The Bertz CT molecular complexity index is 675. The molecule has 0 aliphatic heterocycles. The highest BCUT2D eigenvalue weighted by atomic mass is 16.5. The molecule has 1 unspecified atom stereocenters. The van der Waals surface area contributed by atoms with Crippen molar-refractivity contribution in [3.63, 3.8) is 0 Å². The number of aryl methyl sites for hydroxylation is 1. The van der Waals surface area contributed by atoms with Gasteiger partial charge in [-0.3, -0.25) is 0 Å². The average molecular weight is 343 g/mol. The lowest BCUT2D eigenvalue weighted by molar-refractivity contribution is 0.387. The fraction of sp³-hybridized carbons (Fsp3) is 0.526. The number of nitrogens with one attached hydrogen (secondary N) is 2. The van der Waals surface area contributed by atoms with Crippen molar-refractivity contribution in [2.45, 2.75) is 53.6 Å². The molecule has 0 saturated carbocycles. The lowest BCUT2D eigenvalue weighted by Gasteiger charge is -2.18. The summed E-state index contributed by atoms with van der Waals surface area (Å²) in [6.45, 7) is 11.6. The summed E-state index contributed by atoms with van der Waals surface area (Å²) in [6.07, 6.45) is 1.11. The second kappa shape index (κ2) is 9.20. The predicted octanol–water partition coefficient (Wildman–Crippen LogP) is 3.39. The minimum atomic E-state index is 0.151. The van der Waals surface area contributed by atoms with Gasteiger partial charge in [0.1, 0.15) is 6.54 Å². The minimum Gasteiger partial charge on any atom is -0.357 e. The van der Waals surface area contributed by atoms with E-state index < -0.39 is 0 Å². The number of rotatable bonds is 7. The van der Waals surface area contributed by atoms with Crippen molar-refractivity contribution in [1.29, 1.82) is 0 Å². The zero-order valence-electron chi connectivity index (χ0n) is 15.8. The Labute approximate surface area is 150 Å². The van der Waals surface area contributed by atoms with E-state index >= 15 is 0 Å². The molecule has 6 heteroatoms. The molecule has 1 heterocycles. The van der Waals surface area contributed by atoms with E-state index in [-0.39, 0.29) is 6.04 Å². The molecule has 136 valence electrons. The van der Waals surface area contributed by atoms with Gasteiger partial charge in [-0.1, -0.05) is 43.3 Å². The van der Waals surface area contributed by atoms with Crippen LogP contribution in [0.1, 0.15) is 56.6 Å². The van der Waals surface area contributed by atoms with Gasteiger partial charge in [-0.05, 0) is 37.3 Å². The van der Waals surface area contributed by atoms with E-state index in [1.54, 1.807) is 6.92 Å². The maximum atomic E-state index is 4.97. The fourth-order valence-electron chi connectivity index (χ4n) is 2.58. The van der Waals surface area contributed by atoms with E-state index in [9.17, 15) is 0 Å². The van der Waals surface area contributed by atoms with Gasteiger partial charge in [0.15, 0.2) is 11.8 Å². The van der Waals surface area contributed by atoms with E-state index in [1.165, 1.54) is 11.1 Å². The van der Waals surface area contributed by atoms with E-state index in [0.717, 1.165) is 18.9 Å². The molecule has 0 spiro atoms. The third-order valence-corrected chi connectivity index (χ3v) is 3.77. The van der Waals surface area contributed by atoms with Gasteiger partial charge in [0, 0.05) is 13.5 Å². The lowest BCUT2D eigenvalue weighted by Crippen LogP contribution is -2.38. The largest absolute Gasteiger partial charge is 0.357 e. The Morgan fingerprint density at radius 2 is 1.92 bits per heavy atom. The molecular formula is C19H29N5O. The molecule has 25 heavy (non-hydrogen) atoms. The standard InChI is InChI=1S/C19H29N5O/c1-6-20-19(21-12-18-23-15(5)25-24-18)22-14(4)17-9-7-16(8-10-17)11-13(2)3/h7-10,13-14H,6,11-12H2,1-5H3,(H2,20,21,22). The molecule has 0 radical (unpaired) electrons. The van der Waals surface area contributed by atoms with Crippen molar-refractivity contribution < 1.29 is 4.52 Å². The van der Waals surface area contributed by atoms with Crippen molar-refractivity contribution in [3.8, 4) is 0 Å². The van der Waals surface area contributed by atoms with Crippen molar-refractivity contribution in [2.75, 3.05) is 6.54 Å². The Balaban J connectivity index is 1.99. The van der Waals surface area contributed by atoms with Crippen LogP contribution in [0.25, 0.3) is 0 Å². The van der Waals surface area contributed by atoms with Crippen LogP contribution in [0.4, 0.5) is 0 Å². The summed E-state index contributed by atoms with van der Waals surface area (Å²) in [5, 5.41) is 10.5. The molecule has 6 nitrogen and oxygen atoms in total. The number of hydrogen-bond donors (Lipinski definition) is 2. The summed E-state index contributed by atoms with van der Waals surface area (Å²) in [6, 6.07) is 8.93. The Morgan fingerprint density at radius 1 is 1.20 bits per heavy atom. The van der Waals surface area contributed by atoms with Crippen LogP contribution in [-0.4, -0.2) is 22.6 Å². The second-order valence-corrected chi connectivity index (χ2v) is 6.63. The van der Waals surface area contributed by atoms with E-state index in [0.29, 0.717) is 24.2 Å². The number of aromatic nitrogens is 2. The van der Waals surface area contributed by atoms with Gasteiger partial charge < -0.3 is 15.2 Å². The highest BCUT2D eigenvalue weighted by molar-refractivity contribution is 5.80. The molecule has 0 fully saturated rings. The smallest absolute Gasteiger partial charge is 0.223 e. The second-order valence-electron chi connectivity index (χ2n) is 6.63. The highest BCUT2D eigenvalue weighted by Crippen LogP contribution is 2.15. The van der Waals surface area contributed by atoms with Crippen LogP contribution in [0.15, 0.2) is 33.8 Å². The molecular weight excluding hydrogens is 314 g/mol. The molecule has 0 aliphatic rings. The maximum Gasteiger partial charge on any atom is 0.223 e. The highest BCUT2D eigenvalue weighted by Gasteiger charge is 2.09. The first kappa shape index (κ1) is 19.0. The first-order valence-electron chi connectivity index (χ1n) is 8.90. The molecule has 0 saturated heterocycles. The van der Waals surface area contributed by atoms with Crippen LogP contribution in [0.2, 0.25) is 0 Å². The fourth-order valence-corrected chi connectivity index (χ4v) is 2.58. The zero-order chi connectivity index (χ0) is 18.2.